The Morgan fingerprint density at radius 2 is 1.71 bits per heavy atom. The van der Waals surface area contributed by atoms with E-state index in [0.29, 0.717) is 11.3 Å². The molecule has 0 aliphatic carbocycles. The first kappa shape index (κ1) is 16.0. The van der Waals surface area contributed by atoms with Gasteiger partial charge in [-0.15, -0.1) is 0 Å². The van der Waals surface area contributed by atoms with Crippen molar-refractivity contribution in [2.75, 3.05) is 23.3 Å². The van der Waals surface area contributed by atoms with E-state index < -0.39 is 11.7 Å². The largest absolute Gasteiger partial charge is 0.371 e. The summed E-state index contributed by atoms with van der Waals surface area (Å²) in [4.78, 5) is 25.5. The van der Waals surface area contributed by atoms with Gasteiger partial charge in [-0.3, -0.25) is 9.59 Å². The number of hydrogen-bond donors (Lipinski definition) is 1. The Labute approximate surface area is 134 Å². The van der Waals surface area contributed by atoms with E-state index in [1.165, 1.54) is 0 Å². The number of amides is 1. The Kier molecular flexibility index (Phi) is 5.39. The van der Waals surface area contributed by atoms with Crippen LogP contribution >= 0.6 is 15.9 Å². The number of carbonyl (C=O) groups excluding carboxylic acids is 2. The molecule has 2 rings (SSSR count). The number of nitrogens with zero attached hydrogens (tertiary/aromatic N) is 1. The van der Waals surface area contributed by atoms with Gasteiger partial charge in [0.15, 0.2) is 0 Å². The second-order valence-corrected chi connectivity index (χ2v) is 6.18. The van der Waals surface area contributed by atoms with Gasteiger partial charge >= 0.3 is 0 Å². The minimum Gasteiger partial charge on any atom is -0.371 e. The predicted molar refractivity (Wildman–Crippen MR) is 89.1 cm³/mol. The molecule has 0 saturated heterocycles. The van der Waals surface area contributed by atoms with Crippen LogP contribution in [0.3, 0.4) is 0 Å². The fraction of sp³-hybridized carbons (Fsp3) is 0.500. The molecular formula is C16H21BrN2O2. The van der Waals surface area contributed by atoms with Crippen LogP contribution in [-0.2, 0) is 4.79 Å². The lowest BCUT2D eigenvalue weighted by Crippen LogP contribution is -2.26. The number of halogens is 1. The van der Waals surface area contributed by atoms with Gasteiger partial charge in [0.1, 0.15) is 0 Å². The van der Waals surface area contributed by atoms with Crippen LogP contribution in [0.25, 0.3) is 0 Å². The fourth-order valence-electron chi connectivity index (χ4n) is 2.45. The van der Waals surface area contributed by atoms with E-state index in [0.717, 1.165) is 48.9 Å². The lowest BCUT2D eigenvalue weighted by atomic mass is 10.1. The summed E-state index contributed by atoms with van der Waals surface area (Å²) in [6.07, 6.45) is 4.53. The number of unbranched alkanes of at least 4 members (excludes halogenated alkanes) is 2. The van der Waals surface area contributed by atoms with Gasteiger partial charge in [-0.05, 0) is 40.9 Å². The summed E-state index contributed by atoms with van der Waals surface area (Å²) in [5.74, 6) is -0.992. The van der Waals surface area contributed by atoms with Gasteiger partial charge in [-0.2, -0.15) is 0 Å². The van der Waals surface area contributed by atoms with Crippen molar-refractivity contribution < 1.29 is 9.59 Å². The van der Waals surface area contributed by atoms with E-state index in [9.17, 15) is 9.59 Å². The molecule has 0 bridgehead atoms. The van der Waals surface area contributed by atoms with E-state index in [1.807, 2.05) is 6.07 Å². The summed E-state index contributed by atoms with van der Waals surface area (Å²) in [5, 5.41) is 2.65. The van der Waals surface area contributed by atoms with Crippen LogP contribution in [0.4, 0.5) is 11.4 Å². The maximum Gasteiger partial charge on any atom is 0.296 e. The van der Waals surface area contributed by atoms with Crippen LogP contribution < -0.4 is 10.2 Å². The zero-order valence-electron chi connectivity index (χ0n) is 12.5. The third kappa shape index (κ3) is 3.46. The molecule has 0 aromatic heterocycles. The van der Waals surface area contributed by atoms with Gasteiger partial charge < -0.3 is 10.2 Å². The molecular weight excluding hydrogens is 332 g/mol. The highest BCUT2D eigenvalue weighted by Gasteiger charge is 2.29. The summed E-state index contributed by atoms with van der Waals surface area (Å²) in [6.45, 7) is 6.31. The van der Waals surface area contributed by atoms with Crippen molar-refractivity contribution in [1.29, 1.82) is 0 Å². The lowest BCUT2D eigenvalue weighted by molar-refractivity contribution is -0.112. The Morgan fingerprint density at radius 3 is 2.29 bits per heavy atom. The molecule has 1 heterocycles. The van der Waals surface area contributed by atoms with Crippen molar-refractivity contribution in [2.24, 2.45) is 0 Å². The smallest absolute Gasteiger partial charge is 0.296 e. The summed E-state index contributed by atoms with van der Waals surface area (Å²) in [5.41, 5.74) is 2.13. The summed E-state index contributed by atoms with van der Waals surface area (Å²) < 4.78 is 0.873. The quantitative estimate of drug-likeness (QED) is 0.754. The van der Waals surface area contributed by atoms with Gasteiger partial charge in [0, 0.05) is 17.6 Å². The maximum absolute atomic E-state index is 11.7. The first-order valence-corrected chi connectivity index (χ1v) is 8.32. The predicted octanol–water partition coefficient (Wildman–Crippen LogP) is 3.99. The third-order valence-corrected chi connectivity index (χ3v) is 4.33. The van der Waals surface area contributed by atoms with Crippen molar-refractivity contribution in [2.45, 2.75) is 39.5 Å². The van der Waals surface area contributed by atoms with Crippen molar-refractivity contribution in [1.82, 2.24) is 0 Å². The highest BCUT2D eigenvalue weighted by Crippen LogP contribution is 2.35. The van der Waals surface area contributed by atoms with Crippen LogP contribution in [0.15, 0.2) is 16.6 Å². The molecule has 0 spiro atoms. The summed E-state index contributed by atoms with van der Waals surface area (Å²) >= 11 is 3.55. The molecule has 21 heavy (non-hydrogen) atoms. The highest BCUT2D eigenvalue weighted by molar-refractivity contribution is 9.10. The molecule has 1 aliphatic rings. The fourth-order valence-corrected chi connectivity index (χ4v) is 3.04. The van der Waals surface area contributed by atoms with Crippen LogP contribution in [-0.4, -0.2) is 24.8 Å². The minimum atomic E-state index is -0.539. The molecule has 0 saturated carbocycles. The van der Waals surface area contributed by atoms with Gasteiger partial charge in [0.05, 0.1) is 16.9 Å². The standard InChI is InChI=1S/C16H21BrN2O2/c1-3-5-7-19(8-6-4-2)14-10-13-11(9-12(14)17)15(20)16(21)18-13/h9-10H,3-8H2,1-2H3,(H,18,20,21). The molecule has 5 heteroatoms. The molecule has 1 N–H and O–H groups in total. The van der Waals surface area contributed by atoms with Gasteiger partial charge in [0.2, 0.25) is 0 Å². The van der Waals surface area contributed by atoms with Crippen LogP contribution in [0.1, 0.15) is 49.9 Å². The Hall–Kier alpha value is -1.36. The third-order valence-electron chi connectivity index (χ3n) is 3.69. The average molecular weight is 353 g/mol. The average Bonchev–Trinajstić information content (AvgIpc) is 2.74. The van der Waals surface area contributed by atoms with Crippen molar-refractivity contribution in [3.05, 3.63) is 22.2 Å². The van der Waals surface area contributed by atoms with Crippen LogP contribution in [0.5, 0.6) is 0 Å². The zero-order chi connectivity index (χ0) is 15.4. The van der Waals surface area contributed by atoms with E-state index in [4.69, 9.17) is 0 Å². The topological polar surface area (TPSA) is 49.4 Å². The normalized spacial score (nSPS) is 13.3. The molecule has 114 valence electrons. The second-order valence-electron chi connectivity index (χ2n) is 5.33. The second kappa shape index (κ2) is 7.07. The molecule has 0 fully saturated rings. The zero-order valence-corrected chi connectivity index (χ0v) is 14.1. The molecule has 1 aliphatic heterocycles. The van der Waals surface area contributed by atoms with Gasteiger partial charge in [0.25, 0.3) is 11.7 Å². The number of anilines is 2. The Bertz CT molecular complexity index is 549. The highest BCUT2D eigenvalue weighted by atomic mass is 79.9. The Balaban J connectivity index is 2.30. The number of fused-ring (bicyclic) bond motifs is 1. The number of nitrogens with one attached hydrogen (secondary N) is 1. The molecule has 1 aromatic carbocycles. The van der Waals surface area contributed by atoms with Crippen molar-refractivity contribution in [3.8, 4) is 0 Å². The lowest BCUT2D eigenvalue weighted by Gasteiger charge is -2.26. The number of carbonyl (C=O) groups is 2. The Morgan fingerprint density at radius 1 is 1.10 bits per heavy atom. The van der Waals surface area contributed by atoms with Crippen molar-refractivity contribution >= 4 is 39.0 Å². The minimum absolute atomic E-state index is 0.453. The van der Waals surface area contributed by atoms with Gasteiger partial charge in [-0.25, -0.2) is 0 Å². The molecule has 1 amide bonds. The molecule has 0 radical (unpaired) electrons. The number of Topliss-reactive ketones (excluding diaryl/α,β-unsaturated/α-hetero) is 1. The van der Waals surface area contributed by atoms with E-state index in [-0.39, 0.29) is 0 Å². The molecule has 0 atom stereocenters. The molecule has 4 nitrogen and oxygen atoms in total. The van der Waals surface area contributed by atoms with Crippen LogP contribution in [0, 0.1) is 0 Å². The molecule has 1 aromatic rings. The van der Waals surface area contributed by atoms with Crippen molar-refractivity contribution in [3.63, 3.8) is 0 Å². The summed E-state index contributed by atoms with van der Waals surface area (Å²) in [7, 11) is 0. The molecule has 0 unspecified atom stereocenters. The first-order chi connectivity index (χ1) is 10.1. The van der Waals surface area contributed by atoms with E-state index in [2.05, 4.69) is 40.0 Å². The number of benzene rings is 1. The maximum atomic E-state index is 11.7. The monoisotopic (exact) mass is 352 g/mol. The van der Waals surface area contributed by atoms with Gasteiger partial charge in [-0.1, -0.05) is 26.7 Å². The number of ketones is 1. The summed E-state index contributed by atoms with van der Waals surface area (Å²) in [6, 6.07) is 3.67. The van der Waals surface area contributed by atoms with E-state index in [1.54, 1.807) is 6.07 Å². The SMILES string of the molecule is CCCCN(CCCC)c1cc2c(cc1Br)C(=O)C(=O)N2. The number of rotatable bonds is 7. The first-order valence-electron chi connectivity index (χ1n) is 7.52. The van der Waals surface area contributed by atoms with Crippen LogP contribution in [0.2, 0.25) is 0 Å². The van der Waals surface area contributed by atoms with E-state index >= 15 is 0 Å². The number of hydrogen-bond acceptors (Lipinski definition) is 3.